The van der Waals surface area contributed by atoms with Crippen LogP contribution >= 0.6 is 0 Å². The van der Waals surface area contributed by atoms with Crippen LogP contribution in [0, 0.1) is 23.2 Å². The second-order valence-corrected chi connectivity index (χ2v) is 8.54. The van der Waals surface area contributed by atoms with Gasteiger partial charge in [0, 0.05) is 18.3 Å². The molecule has 25 heavy (non-hydrogen) atoms. The standard InChI is InChI=1S/C22H32O3/c1-14(2)22(25)11-10-21(6)18(17(5)23)12-15(3)8-7-9-16(4)19(24)13-20(21)22/h7-9,12,14,18,20,25H,10-11,13H2,1-6H3/b8-7-,15-12+,16-9+/t18-,20-,21-,22-/m1/s1. The Balaban J connectivity index is 2.65. The maximum absolute atomic E-state index is 12.8. The lowest BCUT2D eigenvalue weighted by Gasteiger charge is -2.43. The van der Waals surface area contributed by atoms with Crippen molar-refractivity contribution in [2.75, 3.05) is 0 Å². The van der Waals surface area contributed by atoms with Crippen molar-refractivity contribution < 1.29 is 14.7 Å². The summed E-state index contributed by atoms with van der Waals surface area (Å²) in [7, 11) is 0. The summed E-state index contributed by atoms with van der Waals surface area (Å²) in [6.07, 6.45) is 9.34. The highest BCUT2D eigenvalue weighted by Gasteiger charge is 2.58. The number of carbonyl (C=O) groups is 2. The van der Waals surface area contributed by atoms with Gasteiger partial charge in [0.2, 0.25) is 0 Å². The Morgan fingerprint density at radius 2 is 1.92 bits per heavy atom. The minimum absolute atomic E-state index is 0.0392. The van der Waals surface area contributed by atoms with Gasteiger partial charge < -0.3 is 5.11 Å². The van der Waals surface area contributed by atoms with Gasteiger partial charge in [-0.3, -0.25) is 9.59 Å². The fourth-order valence-electron chi connectivity index (χ4n) is 4.74. The molecule has 0 amide bonds. The van der Waals surface area contributed by atoms with Crippen molar-refractivity contribution in [3.63, 3.8) is 0 Å². The van der Waals surface area contributed by atoms with Crippen LogP contribution in [-0.4, -0.2) is 22.3 Å². The number of Topliss-reactive ketones (excluding diaryl/α,β-unsaturated/α-hetero) is 2. The number of allylic oxidation sites excluding steroid dienone is 6. The summed E-state index contributed by atoms with van der Waals surface area (Å²) >= 11 is 0. The Kier molecular flexibility index (Phi) is 5.58. The van der Waals surface area contributed by atoms with Crippen LogP contribution in [0.5, 0.6) is 0 Å². The van der Waals surface area contributed by atoms with Gasteiger partial charge in [-0.05, 0) is 50.5 Å². The van der Waals surface area contributed by atoms with Crippen molar-refractivity contribution in [2.24, 2.45) is 23.2 Å². The Hall–Kier alpha value is -1.48. The summed E-state index contributed by atoms with van der Waals surface area (Å²) in [6, 6.07) is 0. The average Bonchev–Trinajstić information content (AvgIpc) is 2.78. The maximum Gasteiger partial charge on any atom is 0.158 e. The summed E-state index contributed by atoms with van der Waals surface area (Å²) in [4.78, 5) is 25.3. The zero-order chi connectivity index (χ0) is 19.0. The molecule has 0 aliphatic heterocycles. The highest BCUT2D eigenvalue weighted by molar-refractivity contribution is 5.95. The van der Waals surface area contributed by atoms with Crippen LogP contribution in [0.15, 0.2) is 35.5 Å². The molecule has 0 aromatic rings. The van der Waals surface area contributed by atoms with E-state index in [0.717, 1.165) is 12.0 Å². The van der Waals surface area contributed by atoms with E-state index in [4.69, 9.17) is 0 Å². The molecule has 0 heterocycles. The van der Waals surface area contributed by atoms with Gasteiger partial charge in [-0.1, -0.05) is 50.6 Å². The summed E-state index contributed by atoms with van der Waals surface area (Å²) in [5, 5.41) is 11.4. The minimum atomic E-state index is -0.915. The lowest BCUT2D eigenvalue weighted by Crippen LogP contribution is -2.47. The van der Waals surface area contributed by atoms with Gasteiger partial charge in [-0.25, -0.2) is 0 Å². The molecular formula is C22H32O3. The fourth-order valence-corrected chi connectivity index (χ4v) is 4.74. The van der Waals surface area contributed by atoms with Gasteiger partial charge in [0.25, 0.3) is 0 Å². The van der Waals surface area contributed by atoms with Gasteiger partial charge >= 0.3 is 0 Å². The molecule has 2 rings (SSSR count). The normalized spacial score (nSPS) is 42.0. The first-order chi connectivity index (χ1) is 11.5. The van der Waals surface area contributed by atoms with Crippen molar-refractivity contribution in [1.29, 1.82) is 0 Å². The molecule has 1 saturated carbocycles. The molecule has 3 heteroatoms. The van der Waals surface area contributed by atoms with Gasteiger partial charge in [-0.2, -0.15) is 0 Å². The average molecular weight is 344 g/mol. The van der Waals surface area contributed by atoms with E-state index in [2.05, 4.69) is 6.92 Å². The van der Waals surface area contributed by atoms with E-state index >= 15 is 0 Å². The summed E-state index contributed by atoms with van der Waals surface area (Å²) in [5.74, 6) is -0.321. The molecule has 0 radical (unpaired) electrons. The summed E-state index contributed by atoms with van der Waals surface area (Å²) < 4.78 is 0. The number of hydrogen-bond acceptors (Lipinski definition) is 3. The number of fused-ring (bicyclic) bond motifs is 1. The fraction of sp³-hybridized carbons (Fsp3) is 0.636. The largest absolute Gasteiger partial charge is 0.389 e. The van der Waals surface area contributed by atoms with Crippen LogP contribution in [0.4, 0.5) is 0 Å². The van der Waals surface area contributed by atoms with Crippen molar-refractivity contribution in [2.45, 2.75) is 66.4 Å². The second-order valence-electron chi connectivity index (χ2n) is 8.54. The zero-order valence-electron chi connectivity index (χ0n) is 16.4. The SMILES string of the molecule is CC(=O)[C@H]1/C=C(C)/C=C\C=C(/C)C(=O)C[C@@H]2[C@]1(C)CC[C@@]2(O)C(C)C. The Morgan fingerprint density at radius 1 is 1.28 bits per heavy atom. The predicted octanol–water partition coefficient (Wildman–Crippen LogP) is 4.42. The highest BCUT2D eigenvalue weighted by Crippen LogP contribution is 2.58. The van der Waals surface area contributed by atoms with E-state index in [9.17, 15) is 14.7 Å². The van der Waals surface area contributed by atoms with Crippen LogP contribution in [-0.2, 0) is 9.59 Å². The molecule has 0 aromatic heterocycles. The minimum Gasteiger partial charge on any atom is -0.389 e. The maximum atomic E-state index is 12.8. The van der Waals surface area contributed by atoms with E-state index in [1.807, 2.05) is 52.0 Å². The topological polar surface area (TPSA) is 54.4 Å². The van der Waals surface area contributed by atoms with Crippen molar-refractivity contribution in [3.05, 3.63) is 35.5 Å². The Bertz CT molecular complexity index is 652. The highest BCUT2D eigenvalue weighted by atomic mass is 16.3. The molecule has 0 aromatic carbocycles. The van der Waals surface area contributed by atoms with Crippen LogP contribution in [0.2, 0.25) is 0 Å². The van der Waals surface area contributed by atoms with Crippen LogP contribution in [0.1, 0.15) is 60.8 Å². The number of hydrogen-bond donors (Lipinski definition) is 1. The van der Waals surface area contributed by atoms with Crippen molar-refractivity contribution in [3.8, 4) is 0 Å². The molecule has 2 aliphatic rings. The Morgan fingerprint density at radius 3 is 2.48 bits per heavy atom. The third-order valence-corrected chi connectivity index (χ3v) is 6.58. The van der Waals surface area contributed by atoms with Crippen LogP contribution in [0.25, 0.3) is 0 Å². The third-order valence-electron chi connectivity index (χ3n) is 6.58. The van der Waals surface area contributed by atoms with E-state index in [1.54, 1.807) is 6.92 Å². The van der Waals surface area contributed by atoms with Crippen LogP contribution < -0.4 is 0 Å². The monoisotopic (exact) mass is 344 g/mol. The Labute approximate surface area is 151 Å². The predicted molar refractivity (Wildman–Crippen MR) is 101 cm³/mol. The van der Waals surface area contributed by atoms with Crippen LogP contribution in [0.3, 0.4) is 0 Å². The van der Waals surface area contributed by atoms with E-state index in [-0.39, 0.29) is 35.7 Å². The molecule has 1 N–H and O–H groups in total. The quantitative estimate of drug-likeness (QED) is 0.807. The van der Waals surface area contributed by atoms with Gasteiger partial charge in [0.1, 0.15) is 5.78 Å². The summed E-state index contributed by atoms with van der Waals surface area (Å²) in [5.41, 5.74) is 0.381. The van der Waals surface area contributed by atoms with E-state index in [0.29, 0.717) is 12.0 Å². The molecule has 3 nitrogen and oxygen atoms in total. The third kappa shape index (κ3) is 3.57. The second kappa shape index (κ2) is 7.03. The molecule has 2 aliphatic carbocycles. The lowest BCUT2D eigenvalue weighted by molar-refractivity contribution is -0.131. The van der Waals surface area contributed by atoms with E-state index < -0.39 is 11.0 Å². The van der Waals surface area contributed by atoms with Gasteiger partial charge in [0.05, 0.1) is 5.60 Å². The zero-order valence-corrected chi connectivity index (χ0v) is 16.4. The molecule has 1 fully saturated rings. The first-order valence-corrected chi connectivity index (χ1v) is 9.31. The first-order valence-electron chi connectivity index (χ1n) is 9.31. The molecule has 0 bridgehead atoms. The first kappa shape index (κ1) is 19.8. The summed E-state index contributed by atoms with van der Waals surface area (Å²) in [6.45, 7) is 11.5. The van der Waals surface area contributed by atoms with Crippen molar-refractivity contribution >= 4 is 11.6 Å². The van der Waals surface area contributed by atoms with Gasteiger partial charge in [-0.15, -0.1) is 0 Å². The molecule has 0 unspecified atom stereocenters. The van der Waals surface area contributed by atoms with E-state index in [1.165, 1.54) is 0 Å². The smallest absolute Gasteiger partial charge is 0.158 e. The molecule has 138 valence electrons. The number of carbonyl (C=O) groups excluding carboxylic acids is 2. The lowest BCUT2D eigenvalue weighted by atomic mass is 9.62. The molecular weight excluding hydrogens is 312 g/mol. The molecule has 0 spiro atoms. The molecule has 4 atom stereocenters. The van der Waals surface area contributed by atoms with Gasteiger partial charge in [0.15, 0.2) is 5.78 Å². The van der Waals surface area contributed by atoms with Crippen molar-refractivity contribution in [1.82, 2.24) is 0 Å². The molecule has 0 saturated heterocycles. The number of aliphatic hydroxyl groups is 1. The number of ketones is 2. The number of rotatable bonds is 2.